The average Bonchev–Trinajstić information content (AvgIpc) is 2.52. The highest BCUT2D eigenvalue weighted by molar-refractivity contribution is 7.98. The van der Waals surface area contributed by atoms with E-state index in [1.54, 1.807) is 0 Å². The molecule has 0 bridgehead atoms. The van der Waals surface area contributed by atoms with E-state index in [9.17, 15) is 5.11 Å². The Morgan fingerprint density at radius 1 is 0.700 bits per heavy atom. The molecule has 1 aromatic carbocycles. The van der Waals surface area contributed by atoms with E-state index in [1.165, 1.54) is 69.1 Å². The lowest BCUT2D eigenvalue weighted by molar-refractivity contribution is 0.474. The van der Waals surface area contributed by atoms with Crippen LogP contribution in [0.5, 0.6) is 5.75 Å². The summed E-state index contributed by atoms with van der Waals surface area (Å²) in [6.45, 7) is 0. The van der Waals surface area contributed by atoms with Crippen molar-refractivity contribution in [2.75, 3.05) is 0 Å². The number of rotatable bonds is 3. The lowest BCUT2D eigenvalue weighted by atomic mass is 10.00. The molecule has 0 unspecified atom stereocenters. The molecule has 0 spiro atoms. The highest BCUT2D eigenvalue weighted by atomic mass is 32.2. The molecule has 2 aliphatic carbocycles. The molecule has 0 heterocycles. The van der Waals surface area contributed by atoms with Gasteiger partial charge in [0.1, 0.15) is 16.2 Å². The summed E-state index contributed by atoms with van der Waals surface area (Å²) in [5, 5.41) is 11.4. The Kier molecular flexibility index (Phi) is 4.93. The van der Waals surface area contributed by atoms with Crippen molar-refractivity contribution in [1.29, 1.82) is 0 Å². The molecule has 1 N–H and O–H groups in total. The quantitative estimate of drug-likeness (QED) is 0.774. The third-order valence-electron chi connectivity index (χ3n) is 4.93. The molecule has 0 saturated heterocycles. The first kappa shape index (κ1) is 14.3. The topological polar surface area (TPSA) is 20.2 Å². The second-order valence-electron chi connectivity index (χ2n) is 6.39. The fourth-order valence-corrected chi connectivity index (χ4v) is 7.35. The zero-order chi connectivity index (χ0) is 13.8. The third-order valence-corrected chi connectivity index (χ3v) is 8.13. The van der Waals surface area contributed by atoms with E-state index in [0.717, 1.165) is 10.5 Å². The van der Waals surface area contributed by atoms with Crippen LogP contribution < -0.4 is 0 Å². The summed E-state index contributed by atoms with van der Waals surface area (Å²) in [5.41, 5.74) is 0. The van der Waals surface area contributed by atoms with Crippen molar-refractivity contribution < 1.29 is 5.11 Å². The molecule has 110 valence electrons. The Bertz CT molecular complexity index is 384. The number of aromatic hydroxyl groups is 1. The van der Waals surface area contributed by atoms with Crippen LogP contribution in [0.4, 0.5) is 0 Å². The zero-order valence-corrected chi connectivity index (χ0v) is 13.2. The summed E-state index contributed by atoms with van der Waals surface area (Å²) in [6.07, 6.45) is 14.3. The molecule has 1 nitrogen and oxygen atoms in total. The van der Waals surface area contributed by atoms with Crippen LogP contribution in [0, 0.1) is 0 Å². The molecule has 1 aromatic rings. The van der Waals surface area contributed by atoms with E-state index >= 15 is 0 Å². The normalized spacial score (nSPS) is 22.2. The fraction of sp³-hybridized carbons (Fsp3) is 0.667. The smallest absolute Gasteiger partial charge is 0.155 e. The average molecular weight is 291 g/mol. The van der Waals surface area contributed by atoms with Gasteiger partial charge in [0.2, 0.25) is 0 Å². The van der Waals surface area contributed by atoms with Crippen LogP contribution in [0.2, 0.25) is 0 Å². The molecular formula is C18H27OS+. The molecule has 0 amide bonds. The Hall–Kier alpha value is -0.630. The number of benzene rings is 1. The van der Waals surface area contributed by atoms with Gasteiger partial charge in [-0.1, -0.05) is 12.8 Å². The molecule has 3 rings (SSSR count). The molecule has 0 aliphatic heterocycles. The SMILES string of the molecule is Oc1ccc([S+](C2CCCCC2)C2CCCCC2)cc1. The van der Waals surface area contributed by atoms with Crippen molar-refractivity contribution in [2.24, 2.45) is 0 Å². The number of hydrogen-bond acceptors (Lipinski definition) is 1. The molecule has 2 aliphatic rings. The predicted molar refractivity (Wildman–Crippen MR) is 87.5 cm³/mol. The molecule has 2 saturated carbocycles. The minimum atomic E-state index is 0.407. The van der Waals surface area contributed by atoms with Crippen molar-refractivity contribution in [3.63, 3.8) is 0 Å². The van der Waals surface area contributed by atoms with E-state index in [1.807, 2.05) is 12.1 Å². The van der Waals surface area contributed by atoms with Gasteiger partial charge in [-0.05, 0) is 75.6 Å². The van der Waals surface area contributed by atoms with Crippen molar-refractivity contribution in [1.82, 2.24) is 0 Å². The van der Waals surface area contributed by atoms with Gasteiger partial charge in [-0.25, -0.2) is 0 Å². The Labute approximate surface area is 126 Å². The monoisotopic (exact) mass is 291 g/mol. The lowest BCUT2D eigenvalue weighted by Gasteiger charge is -2.30. The van der Waals surface area contributed by atoms with Crippen LogP contribution in [-0.2, 0) is 10.9 Å². The highest BCUT2D eigenvalue weighted by Crippen LogP contribution is 2.38. The van der Waals surface area contributed by atoms with Crippen LogP contribution in [0.15, 0.2) is 29.2 Å². The minimum absolute atomic E-state index is 0.407. The zero-order valence-electron chi connectivity index (χ0n) is 12.4. The molecule has 0 radical (unpaired) electrons. The summed E-state index contributed by atoms with van der Waals surface area (Å²) in [4.78, 5) is 1.52. The van der Waals surface area contributed by atoms with Gasteiger partial charge in [0.05, 0.1) is 0 Å². The largest absolute Gasteiger partial charge is 0.508 e. The minimum Gasteiger partial charge on any atom is -0.508 e. The second-order valence-corrected chi connectivity index (χ2v) is 8.93. The van der Waals surface area contributed by atoms with Crippen molar-refractivity contribution >= 4 is 10.9 Å². The number of phenolic OH excluding ortho intramolecular Hbond substituents is 1. The second kappa shape index (κ2) is 6.89. The van der Waals surface area contributed by atoms with E-state index in [-0.39, 0.29) is 0 Å². The van der Waals surface area contributed by atoms with Gasteiger partial charge in [-0.3, -0.25) is 0 Å². The summed E-state index contributed by atoms with van der Waals surface area (Å²) < 4.78 is 0. The van der Waals surface area contributed by atoms with Crippen molar-refractivity contribution in [2.45, 2.75) is 79.6 Å². The first-order chi connectivity index (χ1) is 9.84. The van der Waals surface area contributed by atoms with Gasteiger partial charge in [-0.15, -0.1) is 0 Å². The van der Waals surface area contributed by atoms with Crippen LogP contribution in [0.3, 0.4) is 0 Å². The standard InChI is InChI=1S/C18H26OS/c19-15-11-13-18(14-12-15)20(16-7-3-1-4-8-16)17-9-5-2-6-10-17/h11-14,16-17H,1-10H2/p+1. The summed E-state index contributed by atoms with van der Waals surface area (Å²) in [6, 6.07) is 8.17. The Balaban J connectivity index is 1.83. The molecule has 0 atom stereocenters. The Morgan fingerprint density at radius 3 is 1.60 bits per heavy atom. The maximum absolute atomic E-state index is 9.56. The molecule has 0 aromatic heterocycles. The molecule has 2 fully saturated rings. The Morgan fingerprint density at radius 2 is 1.15 bits per heavy atom. The number of hydrogen-bond donors (Lipinski definition) is 1. The van der Waals surface area contributed by atoms with Crippen LogP contribution in [0.1, 0.15) is 64.2 Å². The maximum Gasteiger partial charge on any atom is 0.155 e. The van der Waals surface area contributed by atoms with E-state index in [0.29, 0.717) is 16.6 Å². The van der Waals surface area contributed by atoms with Crippen LogP contribution in [-0.4, -0.2) is 15.6 Å². The van der Waals surface area contributed by atoms with Gasteiger partial charge >= 0.3 is 0 Å². The van der Waals surface area contributed by atoms with Gasteiger partial charge < -0.3 is 5.11 Å². The van der Waals surface area contributed by atoms with Crippen molar-refractivity contribution in [3.05, 3.63) is 24.3 Å². The van der Waals surface area contributed by atoms with Crippen LogP contribution >= 0.6 is 0 Å². The summed E-state index contributed by atoms with van der Waals surface area (Å²) >= 11 is 0. The predicted octanol–water partition coefficient (Wildman–Crippen LogP) is 5.03. The first-order valence-corrected chi connectivity index (χ1v) is 9.70. The molecular weight excluding hydrogens is 264 g/mol. The van der Waals surface area contributed by atoms with E-state index < -0.39 is 0 Å². The van der Waals surface area contributed by atoms with Gasteiger partial charge in [0.25, 0.3) is 0 Å². The number of phenols is 1. The summed E-state index contributed by atoms with van der Waals surface area (Å²) in [5.74, 6) is 0.407. The third kappa shape index (κ3) is 3.33. The lowest BCUT2D eigenvalue weighted by Crippen LogP contribution is -2.35. The van der Waals surface area contributed by atoms with E-state index in [2.05, 4.69) is 12.1 Å². The van der Waals surface area contributed by atoms with Gasteiger partial charge in [0, 0.05) is 10.9 Å². The van der Waals surface area contributed by atoms with Crippen molar-refractivity contribution in [3.8, 4) is 5.75 Å². The maximum atomic E-state index is 9.56. The highest BCUT2D eigenvalue weighted by Gasteiger charge is 2.41. The molecule has 20 heavy (non-hydrogen) atoms. The van der Waals surface area contributed by atoms with E-state index in [4.69, 9.17) is 0 Å². The molecule has 2 heteroatoms. The first-order valence-electron chi connectivity index (χ1n) is 8.35. The van der Waals surface area contributed by atoms with Crippen LogP contribution in [0.25, 0.3) is 0 Å². The fourth-order valence-electron chi connectivity index (χ4n) is 3.90. The summed E-state index contributed by atoms with van der Waals surface area (Å²) in [7, 11) is 0.420. The van der Waals surface area contributed by atoms with Gasteiger partial charge in [-0.2, -0.15) is 0 Å². The van der Waals surface area contributed by atoms with Gasteiger partial charge in [0.15, 0.2) is 4.90 Å².